The smallest absolute Gasteiger partial charge is 0.259 e. The lowest BCUT2D eigenvalue weighted by molar-refractivity contribution is -0.121. The third-order valence-corrected chi connectivity index (χ3v) is 4.37. The van der Waals surface area contributed by atoms with Crippen molar-refractivity contribution in [2.75, 3.05) is 20.1 Å². The van der Waals surface area contributed by atoms with Crippen molar-refractivity contribution in [1.29, 1.82) is 0 Å². The van der Waals surface area contributed by atoms with Crippen molar-refractivity contribution in [3.05, 3.63) is 29.7 Å². The Bertz CT molecular complexity index is 731. The minimum Gasteiger partial charge on any atom is -0.359 e. The van der Waals surface area contributed by atoms with Gasteiger partial charge in [-0.1, -0.05) is 0 Å². The number of aryl methyl sites for hydroxylation is 1. The number of hydrogen-bond acceptors (Lipinski definition) is 4. The summed E-state index contributed by atoms with van der Waals surface area (Å²) in [5.41, 5.74) is 2.12. The molecule has 1 fully saturated rings. The highest BCUT2D eigenvalue weighted by Crippen LogP contribution is 2.22. The van der Waals surface area contributed by atoms with Crippen molar-refractivity contribution in [2.45, 2.75) is 26.2 Å². The van der Waals surface area contributed by atoms with Gasteiger partial charge in [0.05, 0.1) is 6.20 Å². The Kier molecular flexibility index (Phi) is 4.27. The number of carbonyl (C=O) groups excluding carboxylic acids is 2. The largest absolute Gasteiger partial charge is 0.359 e. The van der Waals surface area contributed by atoms with E-state index in [2.05, 4.69) is 15.4 Å². The molecule has 1 saturated heterocycles. The molecule has 0 unspecified atom stereocenters. The van der Waals surface area contributed by atoms with E-state index < -0.39 is 0 Å². The average Bonchev–Trinajstić information content (AvgIpc) is 2.97. The lowest BCUT2D eigenvalue weighted by Gasteiger charge is -2.31. The Labute approximate surface area is 134 Å². The molecular weight excluding hydrogens is 294 g/mol. The molecule has 2 amide bonds. The molecule has 1 aliphatic rings. The maximum absolute atomic E-state index is 12.7. The van der Waals surface area contributed by atoms with Crippen LogP contribution in [0.1, 0.15) is 35.2 Å². The van der Waals surface area contributed by atoms with Gasteiger partial charge in [0.15, 0.2) is 5.65 Å². The van der Waals surface area contributed by atoms with Crippen LogP contribution in [0.3, 0.4) is 0 Å². The SMILES string of the molecule is CNC(=O)CC1CCN(C(=O)c2cnn3cc(C)cnc23)CC1. The van der Waals surface area contributed by atoms with Gasteiger partial charge in [0.25, 0.3) is 5.91 Å². The van der Waals surface area contributed by atoms with Crippen LogP contribution in [0.4, 0.5) is 0 Å². The van der Waals surface area contributed by atoms with Gasteiger partial charge in [0, 0.05) is 39.0 Å². The van der Waals surface area contributed by atoms with Gasteiger partial charge < -0.3 is 10.2 Å². The number of nitrogens with one attached hydrogen (secondary N) is 1. The van der Waals surface area contributed by atoms with Crippen LogP contribution in [0, 0.1) is 12.8 Å². The van der Waals surface area contributed by atoms with E-state index in [9.17, 15) is 9.59 Å². The lowest BCUT2D eigenvalue weighted by Crippen LogP contribution is -2.39. The molecule has 0 spiro atoms. The van der Waals surface area contributed by atoms with Gasteiger partial charge in [-0.2, -0.15) is 5.10 Å². The first-order chi connectivity index (χ1) is 11.1. The van der Waals surface area contributed by atoms with Gasteiger partial charge in [0.2, 0.25) is 5.91 Å². The van der Waals surface area contributed by atoms with Crippen molar-refractivity contribution < 1.29 is 9.59 Å². The number of likely N-dealkylation sites (tertiary alicyclic amines) is 1. The van der Waals surface area contributed by atoms with Crippen molar-refractivity contribution in [3.63, 3.8) is 0 Å². The van der Waals surface area contributed by atoms with E-state index >= 15 is 0 Å². The Balaban J connectivity index is 1.68. The predicted octanol–water partition coefficient (Wildman–Crippen LogP) is 1.03. The summed E-state index contributed by atoms with van der Waals surface area (Å²) in [4.78, 5) is 30.3. The standard InChI is InChI=1S/C16H21N5O2/c1-11-8-18-15-13(9-19-21(15)10-11)16(23)20-5-3-12(4-6-20)7-14(22)17-2/h8-10,12H,3-7H2,1-2H3,(H,17,22). The first-order valence-corrected chi connectivity index (χ1v) is 7.88. The van der Waals surface area contributed by atoms with Crippen LogP contribution in [-0.4, -0.2) is 51.4 Å². The second kappa shape index (κ2) is 6.36. The summed E-state index contributed by atoms with van der Waals surface area (Å²) in [7, 11) is 1.65. The Morgan fingerprint density at radius 1 is 1.30 bits per heavy atom. The molecule has 0 saturated carbocycles. The molecule has 0 bridgehead atoms. The van der Waals surface area contributed by atoms with E-state index in [0.29, 0.717) is 36.6 Å². The first kappa shape index (κ1) is 15.5. The highest BCUT2D eigenvalue weighted by atomic mass is 16.2. The van der Waals surface area contributed by atoms with Gasteiger partial charge in [-0.15, -0.1) is 0 Å². The molecule has 7 heteroatoms. The molecule has 3 rings (SSSR count). The van der Waals surface area contributed by atoms with Crippen molar-refractivity contribution in [3.8, 4) is 0 Å². The summed E-state index contributed by atoms with van der Waals surface area (Å²) in [5, 5.41) is 6.87. The molecule has 2 aromatic rings. The molecular formula is C16H21N5O2. The van der Waals surface area contributed by atoms with E-state index in [1.807, 2.05) is 18.0 Å². The molecule has 0 radical (unpaired) electrons. The van der Waals surface area contributed by atoms with E-state index in [-0.39, 0.29) is 11.8 Å². The minimum absolute atomic E-state index is 0.0326. The summed E-state index contributed by atoms with van der Waals surface area (Å²) in [5.74, 6) is 0.385. The summed E-state index contributed by atoms with van der Waals surface area (Å²) in [6.45, 7) is 3.28. The summed E-state index contributed by atoms with van der Waals surface area (Å²) in [6, 6.07) is 0. The van der Waals surface area contributed by atoms with E-state index in [1.165, 1.54) is 0 Å². The molecule has 0 aliphatic carbocycles. The predicted molar refractivity (Wildman–Crippen MR) is 85.0 cm³/mol. The number of hydrogen-bond donors (Lipinski definition) is 1. The number of carbonyl (C=O) groups is 2. The van der Waals surface area contributed by atoms with Crippen LogP contribution in [0.5, 0.6) is 0 Å². The summed E-state index contributed by atoms with van der Waals surface area (Å²) >= 11 is 0. The number of rotatable bonds is 3. The van der Waals surface area contributed by atoms with Crippen LogP contribution in [0.25, 0.3) is 5.65 Å². The molecule has 0 aromatic carbocycles. The van der Waals surface area contributed by atoms with E-state index in [0.717, 1.165) is 18.4 Å². The first-order valence-electron chi connectivity index (χ1n) is 7.88. The second-order valence-corrected chi connectivity index (χ2v) is 6.07. The fourth-order valence-corrected chi connectivity index (χ4v) is 2.99. The normalized spacial score (nSPS) is 15.8. The van der Waals surface area contributed by atoms with E-state index in [4.69, 9.17) is 0 Å². The summed E-state index contributed by atoms with van der Waals surface area (Å²) < 4.78 is 1.64. The number of amides is 2. The second-order valence-electron chi connectivity index (χ2n) is 6.07. The monoisotopic (exact) mass is 315 g/mol. The molecule has 3 heterocycles. The van der Waals surface area contributed by atoms with Crippen molar-refractivity contribution in [1.82, 2.24) is 24.8 Å². The van der Waals surface area contributed by atoms with Crippen LogP contribution in [0.2, 0.25) is 0 Å². The highest BCUT2D eigenvalue weighted by molar-refractivity contribution is 5.99. The summed E-state index contributed by atoms with van der Waals surface area (Å²) in [6.07, 6.45) is 7.42. The number of aromatic nitrogens is 3. The van der Waals surface area contributed by atoms with Gasteiger partial charge >= 0.3 is 0 Å². The number of fused-ring (bicyclic) bond motifs is 1. The zero-order valence-electron chi connectivity index (χ0n) is 13.5. The zero-order chi connectivity index (χ0) is 16.4. The van der Waals surface area contributed by atoms with E-state index in [1.54, 1.807) is 24.0 Å². The minimum atomic E-state index is -0.0326. The molecule has 122 valence electrons. The number of piperidine rings is 1. The molecule has 2 aromatic heterocycles. The van der Waals surface area contributed by atoms with Crippen LogP contribution in [-0.2, 0) is 4.79 Å². The zero-order valence-corrected chi connectivity index (χ0v) is 13.5. The lowest BCUT2D eigenvalue weighted by atomic mass is 9.93. The molecule has 1 N–H and O–H groups in total. The average molecular weight is 315 g/mol. The van der Waals surface area contributed by atoms with Gasteiger partial charge in [-0.25, -0.2) is 9.50 Å². The van der Waals surface area contributed by atoms with Crippen LogP contribution >= 0.6 is 0 Å². The maximum atomic E-state index is 12.7. The van der Waals surface area contributed by atoms with Crippen molar-refractivity contribution >= 4 is 17.5 Å². The molecule has 7 nitrogen and oxygen atoms in total. The molecule has 0 atom stereocenters. The molecule has 1 aliphatic heterocycles. The Morgan fingerprint density at radius 2 is 2.04 bits per heavy atom. The highest BCUT2D eigenvalue weighted by Gasteiger charge is 2.26. The van der Waals surface area contributed by atoms with Gasteiger partial charge in [0.1, 0.15) is 5.56 Å². The third kappa shape index (κ3) is 3.18. The maximum Gasteiger partial charge on any atom is 0.259 e. The fraction of sp³-hybridized carbons (Fsp3) is 0.500. The van der Waals surface area contributed by atoms with Crippen LogP contribution < -0.4 is 5.32 Å². The van der Waals surface area contributed by atoms with Gasteiger partial charge in [-0.3, -0.25) is 9.59 Å². The van der Waals surface area contributed by atoms with Crippen molar-refractivity contribution in [2.24, 2.45) is 5.92 Å². The third-order valence-electron chi connectivity index (χ3n) is 4.37. The Hall–Kier alpha value is -2.44. The van der Waals surface area contributed by atoms with Gasteiger partial charge in [-0.05, 0) is 31.2 Å². The number of nitrogens with zero attached hydrogens (tertiary/aromatic N) is 4. The topological polar surface area (TPSA) is 79.6 Å². The Morgan fingerprint density at radius 3 is 2.74 bits per heavy atom. The fourth-order valence-electron chi connectivity index (χ4n) is 2.99. The van der Waals surface area contributed by atoms with Crippen LogP contribution in [0.15, 0.2) is 18.6 Å². The quantitative estimate of drug-likeness (QED) is 0.917. The molecule has 23 heavy (non-hydrogen) atoms.